The fourth-order valence-corrected chi connectivity index (χ4v) is 3.35. The number of aryl methyl sites for hydroxylation is 1. The number of phenols is 1. The second-order valence-electron chi connectivity index (χ2n) is 6.67. The fraction of sp³-hybridized carbons (Fsp3) is 0.227. The number of carbonyl (C=O) groups excluding carboxylic acids is 1. The summed E-state index contributed by atoms with van der Waals surface area (Å²) < 4.78 is 0. The lowest BCUT2D eigenvalue weighted by atomic mass is 9.82. The molecule has 0 radical (unpaired) electrons. The van der Waals surface area contributed by atoms with Gasteiger partial charge >= 0.3 is 0 Å². The molecule has 0 aliphatic carbocycles. The van der Waals surface area contributed by atoms with Crippen LogP contribution in [-0.4, -0.2) is 27.5 Å². The predicted octanol–water partition coefficient (Wildman–Crippen LogP) is 2.33. The third kappa shape index (κ3) is 4.53. The van der Waals surface area contributed by atoms with Gasteiger partial charge < -0.3 is 10.8 Å². The number of aromatic hydroxyl groups is 1. The zero-order valence-electron chi connectivity index (χ0n) is 15.6. The van der Waals surface area contributed by atoms with E-state index in [1.54, 1.807) is 49.1 Å². The van der Waals surface area contributed by atoms with Crippen LogP contribution in [0.15, 0.2) is 73.3 Å². The van der Waals surface area contributed by atoms with Crippen molar-refractivity contribution in [1.29, 1.82) is 0 Å². The molecule has 6 nitrogen and oxygen atoms in total. The summed E-state index contributed by atoms with van der Waals surface area (Å²) in [5, 5.41) is 13.8. The largest absolute Gasteiger partial charge is 0.508 e. The van der Waals surface area contributed by atoms with Gasteiger partial charge in [-0.2, -0.15) is 0 Å². The summed E-state index contributed by atoms with van der Waals surface area (Å²) in [5.74, 6) is -0.467. The van der Waals surface area contributed by atoms with E-state index in [-0.39, 0.29) is 5.75 Å². The Labute approximate surface area is 164 Å². The smallest absolute Gasteiger partial charge is 0.242 e. The third-order valence-electron chi connectivity index (χ3n) is 4.91. The second kappa shape index (κ2) is 9.10. The van der Waals surface area contributed by atoms with Crippen LogP contribution >= 0.6 is 0 Å². The summed E-state index contributed by atoms with van der Waals surface area (Å²) in [6.07, 6.45) is 8.66. The van der Waals surface area contributed by atoms with Crippen molar-refractivity contribution in [2.75, 3.05) is 6.54 Å². The van der Waals surface area contributed by atoms with Gasteiger partial charge in [-0.05, 0) is 60.7 Å². The summed E-state index contributed by atoms with van der Waals surface area (Å²) in [4.78, 5) is 20.7. The highest BCUT2D eigenvalue weighted by molar-refractivity contribution is 5.87. The maximum atomic E-state index is 12.7. The van der Waals surface area contributed by atoms with Crippen molar-refractivity contribution in [3.8, 4) is 5.75 Å². The van der Waals surface area contributed by atoms with Crippen LogP contribution < -0.4 is 11.1 Å². The predicted molar refractivity (Wildman–Crippen MR) is 107 cm³/mol. The number of nitrogens with zero attached hydrogens (tertiary/aromatic N) is 2. The highest BCUT2D eigenvalue weighted by Crippen LogP contribution is 2.33. The molecule has 6 heteroatoms. The van der Waals surface area contributed by atoms with Crippen LogP contribution in [0.25, 0.3) is 0 Å². The Morgan fingerprint density at radius 3 is 2.07 bits per heavy atom. The SMILES string of the molecule is NC(=O)C(CCc1ccncc1)(NCCc1ccncc1)c1ccccc1O. The molecule has 1 atom stereocenters. The molecule has 28 heavy (non-hydrogen) atoms. The minimum atomic E-state index is -1.18. The highest BCUT2D eigenvalue weighted by Gasteiger charge is 2.39. The van der Waals surface area contributed by atoms with Gasteiger partial charge in [-0.3, -0.25) is 20.1 Å². The first-order valence-corrected chi connectivity index (χ1v) is 9.23. The molecule has 1 amide bonds. The van der Waals surface area contributed by atoms with Crippen LogP contribution in [0.1, 0.15) is 23.1 Å². The average Bonchev–Trinajstić information content (AvgIpc) is 2.72. The van der Waals surface area contributed by atoms with Gasteiger partial charge in [0.15, 0.2) is 0 Å². The van der Waals surface area contributed by atoms with Gasteiger partial charge in [0.2, 0.25) is 5.91 Å². The van der Waals surface area contributed by atoms with E-state index in [2.05, 4.69) is 15.3 Å². The molecule has 1 unspecified atom stereocenters. The first-order chi connectivity index (χ1) is 13.6. The molecule has 144 valence electrons. The molecule has 0 saturated carbocycles. The van der Waals surface area contributed by atoms with Crippen molar-refractivity contribution in [2.24, 2.45) is 5.73 Å². The highest BCUT2D eigenvalue weighted by atomic mass is 16.3. The number of benzene rings is 1. The van der Waals surface area contributed by atoms with Gasteiger partial charge in [0.25, 0.3) is 0 Å². The van der Waals surface area contributed by atoms with E-state index < -0.39 is 11.4 Å². The number of primary amides is 1. The first-order valence-electron chi connectivity index (χ1n) is 9.23. The van der Waals surface area contributed by atoms with Crippen LogP contribution in [-0.2, 0) is 23.2 Å². The Balaban J connectivity index is 1.86. The number of nitrogens with one attached hydrogen (secondary N) is 1. The Kier molecular flexibility index (Phi) is 6.34. The third-order valence-corrected chi connectivity index (χ3v) is 4.91. The molecule has 4 N–H and O–H groups in total. The zero-order valence-corrected chi connectivity index (χ0v) is 15.6. The second-order valence-corrected chi connectivity index (χ2v) is 6.67. The Hall–Kier alpha value is -3.25. The van der Waals surface area contributed by atoms with Crippen molar-refractivity contribution in [3.63, 3.8) is 0 Å². The summed E-state index contributed by atoms with van der Waals surface area (Å²) in [7, 11) is 0. The number of aromatic nitrogens is 2. The fourth-order valence-electron chi connectivity index (χ4n) is 3.35. The molecule has 0 aliphatic rings. The summed E-state index contributed by atoms with van der Waals surface area (Å²) in [6, 6.07) is 14.5. The maximum Gasteiger partial charge on any atom is 0.242 e. The maximum absolute atomic E-state index is 12.7. The Morgan fingerprint density at radius 1 is 0.929 bits per heavy atom. The number of pyridine rings is 2. The molecule has 0 fully saturated rings. The molecule has 0 spiro atoms. The average molecular weight is 376 g/mol. The number of hydrogen-bond acceptors (Lipinski definition) is 5. The lowest BCUT2D eigenvalue weighted by molar-refractivity contribution is -0.125. The molecule has 2 aromatic heterocycles. The normalized spacial score (nSPS) is 13.0. The van der Waals surface area contributed by atoms with E-state index in [0.717, 1.165) is 11.1 Å². The van der Waals surface area contributed by atoms with E-state index in [4.69, 9.17) is 5.73 Å². The summed E-state index contributed by atoms with van der Waals surface area (Å²) >= 11 is 0. The van der Waals surface area contributed by atoms with Crippen LogP contribution in [0.2, 0.25) is 0 Å². The van der Waals surface area contributed by atoms with Crippen molar-refractivity contribution in [1.82, 2.24) is 15.3 Å². The lowest BCUT2D eigenvalue weighted by Gasteiger charge is -2.33. The first kappa shape index (κ1) is 19.5. The number of hydrogen-bond donors (Lipinski definition) is 3. The molecule has 2 heterocycles. The van der Waals surface area contributed by atoms with Gasteiger partial charge in [-0.25, -0.2) is 0 Å². The number of amides is 1. The number of nitrogens with two attached hydrogens (primary N) is 1. The molecule has 1 aromatic carbocycles. The van der Waals surface area contributed by atoms with Gasteiger partial charge in [0.05, 0.1) is 0 Å². The van der Waals surface area contributed by atoms with Gasteiger partial charge in [0, 0.05) is 36.9 Å². The van der Waals surface area contributed by atoms with Crippen molar-refractivity contribution < 1.29 is 9.90 Å². The van der Waals surface area contributed by atoms with E-state index in [1.807, 2.05) is 24.3 Å². The van der Waals surface area contributed by atoms with Crippen molar-refractivity contribution >= 4 is 5.91 Å². The lowest BCUT2D eigenvalue weighted by Crippen LogP contribution is -2.53. The molecule has 0 aliphatic heterocycles. The number of carbonyl (C=O) groups is 1. The molecule has 3 aromatic rings. The molecule has 0 bridgehead atoms. The van der Waals surface area contributed by atoms with Gasteiger partial charge in [-0.15, -0.1) is 0 Å². The van der Waals surface area contributed by atoms with Crippen molar-refractivity contribution in [3.05, 3.63) is 90.0 Å². The zero-order chi connectivity index (χ0) is 19.8. The number of para-hydroxylation sites is 1. The molecular weight excluding hydrogens is 352 g/mol. The van der Waals surface area contributed by atoms with E-state index in [1.165, 1.54) is 0 Å². The van der Waals surface area contributed by atoms with Crippen LogP contribution in [0.4, 0.5) is 0 Å². The standard InChI is InChI=1S/C22H24N4O2/c23-21(28)22(19-3-1-2-4-20(19)27,11-5-17-6-12-24-13-7-17)26-16-10-18-8-14-25-15-9-18/h1-4,6-9,12-15,26-27H,5,10-11,16H2,(H2,23,28). The summed E-state index contributed by atoms with van der Waals surface area (Å²) in [6.45, 7) is 0.525. The minimum Gasteiger partial charge on any atom is -0.508 e. The van der Waals surface area contributed by atoms with Crippen LogP contribution in [0.5, 0.6) is 5.75 Å². The monoisotopic (exact) mass is 376 g/mol. The Bertz CT molecular complexity index is 903. The Morgan fingerprint density at radius 2 is 1.50 bits per heavy atom. The van der Waals surface area contributed by atoms with Crippen molar-refractivity contribution in [2.45, 2.75) is 24.8 Å². The molecular formula is C22H24N4O2. The van der Waals surface area contributed by atoms with Gasteiger partial charge in [-0.1, -0.05) is 18.2 Å². The summed E-state index contributed by atoms with van der Waals surface area (Å²) in [5.41, 5.74) is 7.35. The molecule has 0 saturated heterocycles. The number of rotatable bonds is 9. The van der Waals surface area contributed by atoms with Gasteiger partial charge in [0.1, 0.15) is 11.3 Å². The van der Waals surface area contributed by atoms with E-state index in [9.17, 15) is 9.90 Å². The minimum absolute atomic E-state index is 0.0486. The number of phenolic OH excluding ortho intramolecular Hbond substituents is 1. The molecule has 3 rings (SSSR count). The van der Waals surface area contributed by atoms with Crippen LogP contribution in [0, 0.1) is 0 Å². The van der Waals surface area contributed by atoms with E-state index >= 15 is 0 Å². The van der Waals surface area contributed by atoms with E-state index in [0.29, 0.717) is 31.4 Å². The quantitative estimate of drug-likeness (QED) is 0.532. The van der Waals surface area contributed by atoms with Crippen LogP contribution in [0.3, 0.4) is 0 Å². The topological polar surface area (TPSA) is 101 Å².